The predicted octanol–water partition coefficient (Wildman–Crippen LogP) is 1.51. The number of hydrogen-bond donors (Lipinski definition) is 4. The van der Waals surface area contributed by atoms with E-state index in [1.165, 1.54) is 4.31 Å². The second-order valence-corrected chi connectivity index (χ2v) is 18.4. The number of carbonyl (C=O) groups excluding carboxylic acids is 5. The molecule has 6 atom stereocenters. The summed E-state index contributed by atoms with van der Waals surface area (Å²) in [5.41, 5.74) is 4.67. The van der Waals surface area contributed by atoms with Gasteiger partial charge in [0.05, 0.1) is 11.8 Å². The summed E-state index contributed by atoms with van der Waals surface area (Å²) >= 11 is 0. The van der Waals surface area contributed by atoms with Crippen LogP contribution in [0.2, 0.25) is 0 Å². The molecule has 3 saturated carbocycles. The van der Waals surface area contributed by atoms with Gasteiger partial charge in [0.25, 0.3) is 5.91 Å². The van der Waals surface area contributed by atoms with Crippen molar-refractivity contribution >= 4 is 39.6 Å². The average Bonchev–Trinajstić information content (AvgIpc) is 3.79. The Hall–Kier alpha value is -2.74. The van der Waals surface area contributed by atoms with Crippen LogP contribution in [0.15, 0.2) is 0 Å². The Kier molecular flexibility index (Phi) is 10.1. The first kappa shape index (κ1) is 35.6. The van der Waals surface area contributed by atoms with Crippen LogP contribution in [0.25, 0.3) is 0 Å². The van der Waals surface area contributed by atoms with Gasteiger partial charge in [-0.2, -0.15) is 4.31 Å². The Morgan fingerprint density at radius 2 is 1.60 bits per heavy atom. The van der Waals surface area contributed by atoms with Crippen molar-refractivity contribution in [1.29, 1.82) is 0 Å². The number of ketones is 1. The first-order chi connectivity index (χ1) is 21.9. The van der Waals surface area contributed by atoms with E-state index in [9.17, 15) is 32.4 Å². The number of urea groups is 1. The summed E-state index contributed by atoms with van der Waals surface area (Å²) in [6.07, 6.45) is 7.14. The number of hydrogen-bond acceptors (Lipinski definition) is 7. The molecule has 0 bridgehead atoms. The third kappa shape index (κ3) is 7.79. The van der Waals surface area contributed by atoms with Crippen LogP contribution < -0.4 is 21.7 Å². The molecular formula is C33H54N6O7S. The van der Waals surface area contributed by atoms with Crippen molar-refractivity contribution in [1.82, 2.24) is 25.2 Å². The topological polar surface area (TPSA) is 188 Å². The summed E-state index contributed by atoms with van der Waals surface area (Å²) in [4.78, 5) is 68.2. The fourth-order valence-corrected chi connectivity index (χ4v) is 9.70. The Morgan fingerprint density at radius 1 is 0.936 bits per heavy atom. The number of nitrogens with zero attached hydrogens (tertiary/aromatic N) is 2. The van der Waals surface area contributed by atoms with E-state index in [4.69, 9.17) is 5.73 Å². The molecule has 5 aliphatic rings. The van der Waals surface area contributed by atoms with Crippen molar-refractivity contribution in [2.45, 2.75) is 117 Å². The molecule has 0 aromatic carbocycles. The van der Waals surface area contributed by atoms with Crippen molar-refractivity contribution in [3.8, 4) is 0 Å². The van der Waals surface area contributed by atoms with Gasteiger partial charge in [0, 0.05) is 25.7 Å². The maximum absolute atomic E-state index is 14.5. The molecular weight excluding hydrogens is 624 g/mol. The van der Waals surface area contributed by atoms with Gasteiger partial charge in [0.2, 0.25) is 27.6 Å². The molecule has 13 nitrogen and oxygen atoms in total. The molecule has 2 heterocycles. The van der Waals surface area contributed by atoms with Gasteiger partial charge < -0.3 is 26.6 Å². The Labute approximate surface area is 278 Å². The maximum Gasteiger partial charge on any atom is 0.315 e. The number of nitrogens with two attached hydrogens (primary N) is 1. The second kappa shape index (κ2) is 13.3. The highest BCUT2D eigenvalue weighted by Crippen LogP contribution is 2.65. The molecule has 1 unspecified atom stereocenters. The smallest absolute Gasteiger partial charge is 0.315 e. The minimum Gasteiger partial charge on any atom is -0.363 e. The van der Waals surface area contributed by atoms with Crippen molar-refractivity contribution in [3.63, 3.8) is 0 Å². The zero-order valence-electron chi connectivity index (χ0n) is 28.5. The van der Waals surface area contributed by atoms with Crippen LogP contribution >= 0.6 is 0 Å². The van der Waals surface area contributed by atoms with Crippen molar-refractivity contribution in [3.05, 3.63) is 0 Å². The maximum atomic E-state index is 14.5. The third-order valence-corrected chi connectivity index (χ3v) is 13.4. The van der Waals surface area contributed by atoms with E-state index in [0.29, 0.717) is 25.9 Å². The lowest BCUT2D eigenvalue weighted by atomic mass is 9.83. The minimum absolute atomic E-state index is 0.0874. The molecule has 2 aliphatic heterocycles. The number of piperidine rings is 1. The lowest BCUT2D eigenvalue weighted by molar-refractivity contribution is -0.144. The van der Waals surface area contributed by atoms with E-state index in [1.807, 2.05) is 20.8 Å². The first-order valence-electron chi connectivity index (χ1n) is 17.4. The number of amides is 5. The zero-order valence-corrected chi connectivity index (χ0v) is 29.4. The van der Waals surface area contributed by atoms with Crippen LogP contribution in [0.4, 0.5) is 4.79 Å². The third-order valence-electron chi connectivity index (χ3n) is 11.5. The van der Waals surface area contributed by atoms with Crippen LogP contribution in [0.5, 0.6) is 0 Å². The molecule has 47 heavy (non-hydrogen) atoms. The van der Waals surface area contributed by atoms with Gasteiger partial charge >= 0.3 is 6.03 Å². The van der Waals surface area contributed by atoms with Gasteiger partial charge in [0.15, 0.2) is 0 Å². The van der Waals surface area contributed by atoms with Crippen LogP contribution in [-0.4, -0.2) is 96.7 Å². The van der Waals surface area contributed by atoms with E-state index in [1.54, 1.807) is 4.90 Å². The molecule has 0 spiro atoms. The van der Waals surface area contributed by atoms with Gasteiger partial charge in [-0.1, -0.05) is 66.7 Å². The second-order valence-electron chi connectivity index (χ2n) is 16.3. The SMILES string of the molecule is CC(C)(C)[C@@H](CN1CCCS1(=O)=O)NC(=O)N[C@H](C(=O)N1C[C@H]2[C@@H]([C@H]1C(=O)NC(CC1CC1)C(=O)C(N)=O)C2(C)C)C1CCCCC1. The van der Waals surface area contributed by atoms with Crippen LogP contribution in [-0.2, 0) is 29.2 Å². The molecule has 0 aromatic rings. The molecule has 5 amide bonds. The molecule has 5 rings (SSSR count). The quantitative estimate of drug-likeness (QED) is 0.225. The fraction of sp³-hybridized carbons (Fsp3) is 0.848. The van der Waals surface area contributed by atoms with Crippen LogP contribution in [0.3, 0.4) is 0 Å². The number of primary amides is 1. The predicted molar refractivity (Wildman–Crippen MR) is 175 cm³/mol. The van der Waals surface area contributed by atoms with E-state index < -0.39 is 63.2 Å². The summed E-state index contributed by atoms with van der Waals surface area (Å²) in [6.45, 7) is 10.8. The first-order valence-corrected chi connectivity index (χ1v) is 19.0. The van der Waals surface area contributed by atoms with Gasteiger partial charge in [-0.15, -0.1) is 0 Å². The molecule has 0 aromatic heterocycles. The molecule has 3 aliphatic carbocycles. The normalized spacial score (nSPS) is 28.9. The van der Waals surface area contributed by atoms with Crippen molar-refractivity contribution in [2.75, 3.05) is 25.4 Å². The largest absolute Gasteiger partial charge is 0.363 e. The van der Waals surface area contributed by atoms with Gasteiger partial charge in [0.1, 0.15) is 12.1 Å². The number of nitrogens with one attached hydrogen (secondary N) is 3. The highest BCUT2D eigenvalue weighted by molar-refractivity contribution is 7.89. The summed E-state index contributed by atoms with van der Waals surface area (Å²) in [7, 11) is -3.37. The Bertz CT molecular complexity index is 1370. The molecule has 5 N–H and O–H groups in total. The van der Waals surface area contributed by atoms with E-state index in [0.717, 1.165) is 44.9 Å². The summed E-state index contributed by atoms with van der Waals surface area (Å²) in [5, 5.41) is 8.76. The van der Waals surface area contributed by atoms with Gasteiger partial charge in [-0.05, 0) is 60.2 Å². The van der Waals surface area contributed by atoms with Crippen LogP contribution in [0, 0.1) is 34.5 Å². The number of Topliss-reactive ketones (excluding diaryl/α,β-unsaturated/α-hetero) is 1. The standard InChI is InChI=1S/C33H54N6O7S/c1-32(2,3)23(18-38-14-9-15-47(38,45)46)36-31(44)37-25(20-10-7-6-8-11-20)30(43)39-17-21-24(33(21,4)5)26(39)29(42)35-22(16-19-12-13-19)27(40)28(34)41/h19-26H,6-18H2,1-5H3,(H2,34,41)(H,35,42)(H2,36,37,44)/t21-,22?,23+,24-,25-,26-/m0/s1. The van der Waals surface area contributed by atoms with E-state index in [-0.39, 0.29) is 47.3 Å². The average molecular weight is 679 g/mol. The molecule has 14 heteroatoms. The van der Waals surface area contributed by atoms with Crippen molar-refractivity contribution in [2.24, 2.45) is 40.2 Å². The zero-order chi connectivity index (χ0) is 34.5. The van der Waals surface area contributed by atoms with E-state index in [2.05, 4.69) is 29.8 Å². The molecule has 0 radical (unpaired) electrons. The van der Waals surface area contributed by atoms with Crippen LogP contribution in [0.1, 0.15) is 92.4 Å². The highest BCUT2D eigenvalue weighted by Gasteiger charge is 2.69. The molecule has 2 saturated heterocycles. The number of sulfonamides is 1. The molecule has 264 valence electrons. The number of fused-ring (bicyclic) bond motifs is 1. The Balaban J connectivity index is 1.35. The van der Waals surface area contributed by atoms with Crippen molar-refractivity contribution < 1.29 is 32.4 Å². The number of carbonyl (C=O) groups is 5. The van der Waals surface area contributed by atoms with Gasteiger partial charge in [-0.3, -0.25) is 19.2 Å². The number of rotatable bonds is 12. The highest BCUT2D eigenvalue weighted by atomic mass is 32.2. The van der Waals surface area contributed by atoms with Gasteiger partial charge in [-0.25, -0.2) is 13.2 Å². The van der Waals surface area contributed by atoms with E-state index >= 15 is 0 Å². The summed E-state index contributed by atoms with van der Waals surface area (Å²) < 4.78 is 26.5. The molecule has 5 fully saturated rings. The number of likely N-dealkylation sites (tertiary alicyclic amines) is 1. The minimum atomic E-state index is -3.37. The Morgan fingerprint density at radius 3 is 2.15 bits per heavy atom. The lowest BCUT2D eigenvalue weighted by Gasteiger charge is -2.38. The monoisotopic (exact) mass is 678 g/mol. The lowest BCUT2D eigenvalue weighted by Crippen LogP contribution is -2.61. The fourth-order valence-electron chi connectivity index (χ4n) is 8.16. The summed E-state index contributed by atoms with van der Waals surface area (Å²) in [6, 6.07) is -3.81. The summed E-state index contributed by atoms with van der Waals surface area (Å²) in [5.74, 6) is -2.54.